The van der Waals surface area contributed by atoms with Gasteiger partial charge < -0.3 is 15.6 Å². The van der Waals surface area contributed by atoms with E-state index in [2.05, 4.69) is 6.07 Å². The van der Waals surface area contributed by atoms with Crippen LogP contribution in [0.15, 0.2) is 17.5 Å². The summed E-state index contributed by atoms with van der Waals surface area (Å²) in [5.74, 6) is -1.02. The predicted octanol–water partition coefficient (Wildman–Crippen LogP) is 1.11. The number of nitrogens with two attached hydrogens (primary N) is 1. The first kappa shape index (κ1) is 12.2. The summed E-state index contributed by atoms with van der Waals surface area (Å²) in [6, 6.07) is 3.18. The Morgan fingerprint density at radius 3 is 3.07 bits per heavy atom. The molecule has 1 atom stereocenters. The van der Waals surface area contributed by atoms with Crippen LogP contribution >= 0.6 is 11.3 Å². The molecule has 4 nitrogen and oxygen atoms in total. The molecular weight excluding hydrogens is 214 g/mol. The van der Waals surface area contributed by atoms with E-state index >= 15 is 0 Å². The van der Waals surface area contributed by atoms with Crippen LogP contribution in [0.25, 0.3) is 0 Å². The van der Waals surface area contributed by atoms with Gasteiger partial charge >= 0.3 is 5.97 Å². The molecular formula is C10H15NO3S. The number of rotatable bonds is 7. The van der Waals surface area contributed by atoms with Gasteiger partial charge in [0.1, 0.15) is 6.04 Å². The Bertz CT molecular complexity index is 287. The summed E-state index contributed by atoms with van der Waals surface area (Å²) in [6.45, 7) is 0.638. The summed E-state index contributed by atoms with van der Waals surface area (Å²) in [4.78, 5) is 11.7. The highest BCUT2D eigenvalue weighted by molar-refractivity contribution is 7.09. The molecule has 0 aliphatic rings. The van der Waals surface area contributed by atoms with Crippen LogP contribution in [0.2, 0.25) is 0 Å². The molecule has 0 bridgehead atoms. The van der Waals surface area contributed by atoms with Crippen LogP contribution in [0.5, 0.6) is 0 Å². The first-order valence-corrected chi connectivity index (χ1v) is 5.66. The van der Waals surface area contributed by atoms with E-state index in [1.54, 1.807) is 11.3 Å². The molecule has 0 fully saturated rings. The lowest BCUT2D eigenvalue weighted by atomic mass is 10.3. The molecule has 5 heteroatoms. The predicted molar refractivity (Wildman–Crippen MR) is 59.1 cm³/mol. The lowest BCUT2D eigenvalue weighted by molar-refractivity contribution is -0.140. The van der Waals surface area contributed by atoms with Gasteiger partial charge in [-0.25, -0.2) is 0 Å². The second kappa shape index (κ2) is 6.55. The maximum Gasteiger partial charge on any atom is 0.322 e. The molecule has 0 spiro atoms. The maximum atomic E-state index is 10.3. The third-order valence-corrected chi connectivity index (χ3v) is 2.84. The maximum absolute atomic E-state index is 10.3. The molecule has 15 heavy (non-hydrogen) atoms. The minimum atomic E-state index is -1.02. The van der Waals surface area contributed by atoms with E-state index in [-0.39, 0.29) is 6.61 Å². The van der Waals surface area contributed by atoms with E-state index in [4.69, 9.17) is 15.6 Å². The van der Waals surface area contributed by atoms with Gasteiger partial charge in [-0.05, 0) is 24.3 Å². The van der Waals surface area contributed by atoms with Crippen LogP contribution in [0.1, 0.15) is 11.3 Å². The first-order chi connectivity index (χ1) is 7.20. The van der Waals surface area contributed by atoms with E-state index < -0.39 is 12.0 Å². The van der Waals surface area contributed by atoms with Gasteiger partial charge in [-0.1, -0.05) is 6.07 Å². The van der Waals surface area contributed by atoms with Crippen molar-refractivity contribution in [2.45, 2.75) is 18.9 Å². The molecule has 0 aliphatic carbocycles. The van der Waals surface area contributed by atoms with Crippen LogP contribution in [0, 0.1) is 0 Å². The summed E-state index contributed by atoms with van der Waals surface area (Å²) in [5.41, 5.74) is 5.27. The number of hydrogen-bond acceptors (Lipinski definition) is 4. The summed E-state index contributed by atoms with van der Waals surface area (Å²) in [6.07, 6.45) is 1.87. The van der Waals surface area contributed by atoms with Gasteiger partial charge in [-0.15, -0.1) is 11.3 Å². The van der Waals surface area contributed by atoms with Gasteiger partial charge in [-0.3, -0.25) is 4.79 Å². The summed E-state index contributed by atoms with van der Waals surface area (Å²) in [7, 11) is 0. The van der Waals surface area contributed by atoms with Crippen molar-refractivity contribution >= 4 is 17.3 Å². The van der Waals surface area contributed by atoms with Crippen molar-refractivity contribution in [2.24, 2.45) is 5.73 Å². The quantitative estimate of drug-likeness (QED) is 0.687. The Morgan fingerprint density at radius 2 is 2.47 bits per heavy atom. The van der Waals surface area contributed by atoms with Crippen molar-refractivity contribution in [3.63, 3.8) is 0 Å². The van der Waals surface area contributed by atoms with Crippen LogP contribution in [-0.2, 0) is 16.0 Å². The van der Waals surface area contributed by atoms with E-state index in [0.29, 0.717) is 6.61 Å². The molecule has 0 unspecified atom stereocenters. The third-order valence-electron chi connectivity index (χ3n) is 1.91. The normalized spacial score (nSPS) is 12.6. The van der Waals surface area contributed by atoms with Crippen molar-refractivity contribution in [3.8, 4) is 0 Å². The van der Waals surface area contributed by atoms with Crippen LogP contribution < -0.4 is 5.73 Å². The average Bonchev–Trinajstić information content (AvgIpc) is 2.69. The fourth-order valence-electron chi connectivity index (χ4n) is 1.08. The van der Waals surface area contributed by atoms with Gasteiger partial charge in [0.2, 0.25) is 0 Å². The zero-order valence-corrected chi connectivity index (χ0v) is 9.20. The van der Waals surface area contributed by atoms with Crippen LogP contribution in [0.3, 0.4) is 0 Å². The fourth-order valence-corrected chi connectivity index (χ4v) is 1.84. The Hall–Kier alpha value is -0.910. The third kappa shape index (κ3) is 4.92. The van der Waals surface area contributed by atoms with E-state index in [0.717, 1.165) is 12.8 Å². The van der Waals surface area contributed by atoms with Crippen molar-refractivity contribution in [2.75, 3.05) is 13.2 Å². The summed E-state index contributed by atoms with van der Waals surface area (Å²) in [5, 5.41) is 10.5. The number of thiophene rings is 1. The number of aryl methyl sites for hydroxylation is 1. The van der Waals surface area contributed by atoms with Gasteiger partial charge in [0, 0.05) is 11.5 Å². The van der Waals surface area contributed by atoms with Crippen molar-refractivity contribution < 1.29 is 14.6 Å². The first-order valence-electron chi connectivity index (χ1n) is 4.78. The number of hydrogen-bond donors (Lipinski definition) is 2. The molecule has 0 saturated heterocycles. The van der Waals surface area contributed by atoms with Gasteiger partial charge in [0.15, 0.2) is 0 Å². The molecule has 1 aromatic rings. The molecule has 3 N–H and O–H groups in total. The lowest BCUT2D eigenvalue weighted by Crippen LogP contribution is -2.35. The van der Waals surface area contributed by atoms with E-state index in [9.17, 15) is 4.79 Å². The lowest BCUT2D eigenvalue weighted by Gasteiger charge is -2.06. The molecule has 1 aromatic heterocycles. The number of ether oxygens (including phenoxy) is 1. The minimum absolute atomic E-state index is 0.0831. The van der Waals surface area contributed by atoms with Crippen molar-refractivity contribution in [1.82, 2.24) is 0 Å². The molecule has 0 aliphatic heterocycles. The zero-order valence-electron chi connectivity index (χ0n) is 8.39. The van der Waals surface area contributed by atoms with Gasteiger partial charge in [-0.2, -0.15) is 0 Å². The molecule has 1 heterocycles. The molecule has 0 aromatic carbocycles. The van der Waals surface area contributed by atoms with Crippen molar-refractivity contribution in [1.29, 1.82) is 0 Å². The van der Waals surface area contributed by atoms with Gasteiger partial charge in [0.05, 0.1) is 6.61 Å². The van der Waals surface area contributed by atoms with Crippen LogP contribution in [-0.4, -0.2) is 30.3 Å². The number of carboxylic acid groups (broad SMARTS) is 1. The van der Waals surface area contributed by atoms with E-state index in [1.807, 2.05) is 11.4 Å². The Kier molecular flexibility index (Phi) is 5.31. The van der Waals surface area contributed by atoms with E-state index in [1.165, 1.54) is 4.88 Å². The standard InChI is InChI=1S/C10H15NO3S/c11-9(10(12)13)7-14-5-1-3-8-4-2-6-15-8/h2,4,6,9H,1,3,5,7,11H2,(H,12,13)/t9-/m1/s1. The van der Waals surface area contributed by atoms with Gasteiger partial charge in [0.25, 0.3) is 0 Å². The number of carboxylic acids is 1. The second-order valence-corrected chi connectivity index (χ2v) is 4.23. The fraction of sp³-hybridized carbons (Fsp3) is 0.500. The number of carbonyl (C=O) groups is 1. The summed E-state index contributed by atoms with van der Waals surface area (Å²) >= 11 is 1.72. The molecule has 84 valence electrons. The summed E-state index contributed by atoms with van der Waals surface area (Å²) < 4.78 is 5.15. The molecule has 0 amide bonds. The Labute approximate surface area is 92.7 Å². The second-order valence-electron chi connectivity index (χ2n) is 3.20. The SMILES string of the molecule is N[C@H](COCCCc1cccs1)C(=O)O. The Morgan fingerprint density at radius 1 is 1.67 bits per heavy atom. The highest BCUT2D eigenvalue weighted by Gasteiger charge is 2.10. The largest absolute Gasteiger partial charge is 0.480 e. The molecule has 0 saturated carbocycles. The highest BCUT2D eigenvalue weighted by atomic mass is 32.1. The number of aliphatic carboxylic acids is 1. The van der Waals surface area contributed by atoms with Crippen molar-refractivity contribution in [3.05, 3.63) is 22.4 Å². The topological polar surface area (TPSA) is 72.5 Å². The zero-order chi connectivity index (χ0) is 11.1. The smallest absolute Gasteiger partial charge is 0.322 e. The van der Waals surface area contributed by atoms with Crippen LogP contribution in [0.4, 0.5) is 0 Å². The Balaban J connectivity index is 2.00. The molecule has 1 rings (SSSR count). The molecule has 0 radical (unpaired) electrons. The monoisotopic (exact) mass is 229 g/mol. The average molecular weight is 229 g/mol. The minimum Gasteiger partial charge on any atom is -0.480 e. The highest BCUT2D eigenvalue weighted by Crippen LogP contribution is 2.10.